The topological polar surface area (TPSA) is 88.1 Å². The molecule has 0 radical (unpaired) electrons. The molecule has 8 heteroatoms. The van der Waals surface area contributed by atoms with E-state index in [-0.39, 0.29) is 36.0 Å². The van der Waals surface area contributed by atoms with Crippen molar-refractivity contribution in [3.63, 3.8) is 0 Å². The van der Waals surface area contributed by atoms with E-state index in [1.54, 1.807) is 12.1 Å². The summed E-state index contributed by atoms with van der Waals surface area (Å²) in [6.07, 6.45) is -1.39. The summed E-state index contributed by atoms with van der Waals surface area (Å²) in [5.74, 6) is -0.184. The first-order valence-electron chi connectivity index (χ1n) is 9.02. The van der Waals surface area contributed by atoms with Gasteiger partial charge >= 0.3 is 5.97 Å². The van der Waals surface area contributed by atoms with Gasteiger partial charge in [0, 0.05) is 12.8 Å². The van der Waals surface area contributed by atoms with Crippen molar-refractivity contribution in [3.8, 4) is 0 Å². The van der Waals surface area contributed by atoms with E-state index < -0.39 is 28.5 Å². The summed E-state index contributed by atoms with van der Waals surface area (Å²) in [4.78, 5) is 11.5. The third-order valence-corrected chi connectivity index (χ3v) is 6.25. The number of hydrogen-bond acceptors (Lipinski definition) is 7. The number of hydrogen-bond donors (Lipinski definition) is 0. The van der Waals surface area contributed by atoms with Gasteiger partial charge in [0.15, 0.2) is 12.4 Å². The van der Waals surface area contributed by atoms with Crippen LogP contribution < -0.4 is 0 Å². The zero-order valence-electron chi connectivity index (χ0n) is 16.4. The van der Waals surface area contributed by atoms with Gasteiger partial charge in [0.05, 0.1) is 24.2 Å². The summed E-state index contributed by atoms with van der Waals surface area (Å²) >= 11 is 0. The predicted octanol–water partition coefficient (Wildman–Crippen LogP) is 2.67. The Labute approximate surface area is 161 Å². The van der Waals surface area contributed by atoms with Crippen molar-refractivity contribution in [3.05, 3.63) is 29.8 Å². The minimum Gasteiger partial charge on any atom is -0.457 e. The van der Waals surface area contributed by atoms with Gasteiger partial charge in [0.2, 0.25) is 0 Å². The van der Waals surface area contributed by atoms with Gasteiger partial charge < -0.3 is 14.2 Å². The molecule has 1 fully saturated rings. The van der Waals surface area contributed by atoms with Crippen molar-refractivity contribution < 1.29 is 31.6 Å². The third kappa shape index (κ3) is 5.75. The highest BCUT2D eigenvalue weighted by molar-refractivity contribution is 7.86. The molecule has 1 aromatic rings. The lowest BCUT2D eigenvalue weighted by molar-refractivity contribution is -0.272. The van der Waals surface area contributed by atoms with Crippen LogP contribution in [0.5, 0.6) is 0 Å². The van der Waals surface area contributed by atoms with Gasteiger partial charge in [-0.05, 0) is 31.9 Å². The van der Waals surface area contributed by atoms with Crippen molar-refractivity contribution in [2.24, 2.45) is 11.8 Å². The lowest BCUT2D eigenvalue weighted by atomic mass is 9.84. The second-order valence-electron chi connectivity index (χ2n) is 6.96. The fourth-order valence-electron chi connectivity index (χ4n) is 2.96. The normalized spacial score (nSPS) is 28.7. The molecule has 1 saturated heterocycles. The highest BCUT2D eigenvalue weighted by Gasteiger charge is 2.42. The second kappa shape index (κ2) is 9.14. The molecule has 0 aromatic heterocycles. The van der Waals surface area contributed by atoms with Gasteiger partial charge in [-0.25, -0.2) is 0 Å². The molecular weight excluding hydrogens is 372 g/mol. The van der Waals surface area contributed by atoms with Crippen molar-refractivity contribution in [1.82, 2.24) is 0 Å². The highest BCUT2D eigenvalue weighted by Crippen LogP contribution is 2.33. The Balaban J connectivity index is 1.92. The largest absolute Gasteiger partial charge is 0.457 e. The van der Waals surface area contributed by atoms with E-state index in [9.17, 15) is 13.2 Å². The molecule has 1 aliphatic rings. The average molecular weight is 400 g/mol. The summed E-state index contributed by atoms with van der Waals surface area (Å²) in [6.45, 7) is 8.97. The predicted molar refractivity (Wildman–Crippen MR) is 98.5 cm³/mol. The van der Waals surface area contributed by atoms with Gasteiger partial charge in [-0.15, -0.1) is 0 Å². The van der Waals surface area contributed by atoms with Gasteiger partial charge in [0.25, 0.3) is 10.1 Å². The first-order chi connectivity index (χ1) is 12.6. The maximum absolute atomic E-state index is 12.2. The summed E-state index contributed by atoms with van der Waals surface area (Å²) < 4.78 is 46.2. The Morgan fingerprint density at radius 3 is 2.30 bits per heavy atom. The van der Waals surface area contributed by atoms with Crippen molar-refractivity contribution in [2.75, 3.05) is 13.2 Å². The van der Waals surface area contributed by atoms with Crippen LogP contribution in [0.2, 0.25) is 0 Å². The molecule has 1 aromatic carbocycles. The van der Waals surface area contributed by atoms with E-state index in [2.05, 4.69) is 0 Å². The van der Waals surface area contributed by atoms with E-state index in [0.29, 0.717) is 0 Å². The van der Waals surface area contributed by atoms with E-state index in [1.807, 2.05) is 27.7 Å². The number of carbonyl (C=O) groups excluding carboxylic acids is 1. The smallest absolute Gasteiger partial charge is 0.303 e. The van der Waals surface area contributed by atoms with E-state index >= 15 is 0 Å². The molecule has 152 valence electrons. The quantitative estimate of drug-likeness (QED) is 0.395. The van der Waals surface area contributed by atoms with Crippen LogP contribution in [-0.2, 0) is 33.3 Å². The molecule has 27 heavy (non-hydrogen) atoms. The Hall–Kier alpha value is -1.48. The van der Waals surface area contributed by atoms with Crippen LogP contribution in [0.4, 0.5) is 0 Å². The van der Waals surface area contributed by atoms with E-state index in [4.69, 9.17) is 18.4 Å². The maximum atomic E-state index is 12.2. The molecule has 0 amide bonds. The van der Waals surface area contributed by atoms with Crippen molar-refractivity contribution >= 4 is 16.1 Å². The number of aryl methyl sites for hydroxylation is 1. The molecule has 5 atom stereocenters. The van der Waals surface area contributed by atoms with Crippen LogP contribution in [0.1, 0.15) is 33.3 Å². The molecule has 0 aliphatic carbocycles. The molecule has 1 heterocycles. The molecule has 1 aliphatic heterocycles. The minimum absolute atomic E-state index is 0.0126. The first-order valence-corrected chi connectivity index (χ1v) is 10.4. The fourth-order valence-corrected chi connectivity index (χ4v) is 3.85. The van der Waals surface area contributed by atoms with Crippen molar-refractivity contribution in [1.29, 1.82) is 0 Å². The summed E-state index contributed by atoms with van der Waals surface area (Å²) in [6, 6.07) is 6.40. The molecule has 0 bridgehead atoms. The zero-order chi connectivity index (χ0) is 20.2. The molecule has 7 nitrogen and oxygen atoms in total. The average Bonchev–Trinajstić information content (AvgIpc) is 2.60. The number of benzene rings is 1. The minimum atomic E-state index is -3.85. The van der Waals surface area contributed by atoms with Crippen LogP contribution in [0.15, 0.2) is 29.2 Å². The first kappa shape index (κ1) is 21.8. The van der Waals surface area contributed by atoms with E-state index in [0.717, 1.165) is 5.56 Å². The molecule has 0 saturated carbocycles. The third-order valence-electron chi connectivity index (χ3n) is 4.92. The number of carbonyl (C=O) groups is 1. The molecule has 2 rings (SSSR count). The monoisotopic (exact) mass is 400 g/mol. The van der Waals surface area contributed by atoms with Crippen LogP contribution >= 0.6 is 0 Å². The summed E-state index contributed by atoms with van der Waals surface area (Å²) in [5.41, 5.74) is 0.959. The Morgan fingerprint density at radius 2 is 1.70 bits per heavy atom. The number of ether oxygens (including phenoxy) is 3. The maximum Gasteiger partial charge on any atom is 0.303 e. The molecular formula is C19H28O7S. The van der Waals surface area contributed by atoms with Gasteiger partial charge in [-0.2, -0.15) is 8.42 Å². The Bertz CT molecular complexity index is 729. The molecule has 0 unspecified atom stereocenters. The number of rotatable bonds is 7. The zero-order valence-corrected chi connectivity index (χ0v) is 17.2. The van der Waals surface area contributed by atoms with Crippen LogP contribution in [0.25, 0.3) is 0 Å². The van der Waals surface area contributed by atoms with Crippen LogP contribution in [-0.4, -0.2) is 46.1 Å². The van der Waals surface area contributed by atoms with Crippen LogP contribution in [0, 0.1) is 18.8 Å². The molecule has 0 spiro atoms. The van der Waals surface area contributed by atoms with E-state index in [1.165, 1.54) is 19.1 Å². The van der Waals surface area contributed by atoms with Crippen LogP contribution in [0.3, 0.4) is 0 Å². The lowest BCUT2D eigenvalue weighted by Crippen LogP contribution is -2.51. The SMILES string of the molecule is CC(=O)O[C@@H]1[C@@H](OCCOS(=O)(=O)c2ccc(C)cc2)O[C@@H](C)[C@@H](C)[C@H]1C. The highest BCUT2D eigenvalue weighted by atomic mass is 32.2. The Kier molecular flexibility index (Phi) is 7.39. The fraction of sp³-hybridized carbons (Fsp3) is 0.632. The van der Waals surface area contributed by atoms with Crippen molar-refractivity contribution in [2.45, 2.75) is 58.0 Å². The summed E-state index contributed by atoms with van der Waals surface area (Å²) in [5, 5.41) is 0. The Morgan fingerprint density at radius 1 is 1.07 bits per heavy atom. The summed E-state index contributed by atoms with van der Waals surface area (Å²) in [7, 11) is -3.85. The second-order valence-corrected chi connectivity index (χ2v) is 8.58. The lowest BCUT2D eigenvalue weighted by Gasteiger charge is -2.42. The van der Waals surface area contributed by atoms with Gasteiger partial charge in [-0.1, -0.05) is 31.5 Å². The van der Waals surface area contributed by atoms with Gasteiger partial charge in [-0.3, -0.25) is 8.98 Å². The van der Waals surface area contributed by atoms with Gasteiger partial charge in [0.1, 0.15) is 0 Å². The number of esters is 1. The standard InChI is InChI=1S/C19H28O7S/c1-12-6-8-17(9-7-12)27(21,22)24-11-10-23-19-18(26-16(5)20)14(3)13(2)15(4)25-19/h6-9,13-15,18-19H,10-11H2,1-5H3/t13-,14+,15-,18-,19-/m0/s1. The molecule has 0 N–H and O–H groups in total.